The number of H-pyrrole nitrogens is 2. The number of rotatable bonds is 3. The molecule has 0 fully saturated rings. The van der Waals surface area contributed by atoms with E-state index in [1.807, 2.05) is 19.1 Å². The van der Waals surface area contributed by atoms with Crippen LogP contribution < -0.4 is 5.43 Å². The number of fused-ring (bicyclic) bond motifs is 1. The molecule has 0 aliphatic carbocycles. The van der Waals surface area contributed by atoms with Crippen LogP contribution in [0.1, 0.15) is 22.8 Å². The molecular formula is C17H16N2O3. The maximum Gasteiger partial charge on any atom is 0.344 e. The molecule has 0 spiro atoms. The van der Waals surface area contributed by atoms with Crippen molar-refractivity contribution in [3.8, 4) is 11.4 Å². The highest BCUT2D eigenvalue weighted by Crippen LogP contribution is 2.23. The molecule has 0 bridgehead atoms. The van der Waals surface area contributed by atoms with Crippen molar-refractivity contribution < 1.29 is 9.53 Å². The Morgan fingerprint density at radius 1 is 1.23 bits per heavy atom. The van der Waals surface area contributed by atoms with E-state index in [0.717, 1.165) is 11.1 Å². The van der Waals surface area contributed by atoms with Crippen LogP contribution in [0, 0.1) is 6.92 Å². The Hall–Kier alpha value is -2.82. The maximum atomic E-state index is 12.8. The van der Waals surface area contributed by atoms with Crippen LogP contribution >= 0.6 is 0 Å². The van der Waals surface area contributed by atoms with Gasteiger partial charge in [0, 0.05) is 11.6 Å². The van der Waals surface area contributed by atoms with Gasteiger partial charge in [-0.2, -0.15) is 0 Å². The number of carbonyl (C=O) groups excluding carboxylic acids is 1. The van der Waals surface area contributed by atoms with Crippen molar-refractivity contribution in [2.45, 2.75) is 13.8 Å². The fraction of sp³-hybridized carbons (Fsp3) is 0.176. The van der Waals surface area contributed by atoms with Gasteiger partial charge in [-0.3, -0.25) is 4.79 Å². The SMILES string of the molecule is CCOC(=O)c1c(-c2ccc[nH]2)[nH]c2c(C)cccc2c1=O. The molecule has 1 aromatic carbocycles. The Bertz CT molecular complexity index is 892. The second-order valence-corrected chi connectivity index (χ2v) is 5.01. The Labute approximate surface area is 126 Å². The topological polar surface area (TPSA) is 75.0 Å². The minimum Gasteiger partial charge on any atom is -0.462 e. The second-order valence-electron chi connectivity index (χ2n) is 5.01. The fourth-order valence-corrected chi connectivity index (χ4v) is 2.54. The van der Waals surface area contributed by atoms with Crippen LogP contribution in [-0.2, 0) is 4.74 Å². The third kappa shape index (κ3) is 2.20. The van der Waals surface area contributed by atoms with E-state index >= 15 is 0 Å². The number of nitrogens with one attached hydrogen (secondary N) is 2. The molecule has 0 radical (unpaired) electrons. The van der Waals surface area contributed by atoms with E-state index in [2.05, 4.69) is 9.97 Å². The third-order valence-corrected chi connectivity index (χ3v) is 3.59. The van der Waals surface area contributed by atoms with Gasteiger partial charge in [0.05, 0.1) is 23.5 Å². The number of benzene rings is 1. The van der Waals surface area contributed by atoms with E-state index in [9.17, 15) is 9.59 Å². The molecule has 0 unspecified atom stereocenters. The van der Waals surface area contributed by atoms with E-state index < -0.39 is 5.97 Å². The summed E-state index contributed by atoms with van der Waals surface area (Å²) < 4.78 is 5.05. The van der Waals surface area contributed by atoms with Crippen molar-refractivity contribution in [2.24, 2.45) is 0 Å². The zero-order chi connectivity index (χ0) is 15.7. The predicted molar refractivity (Wildman–Crippen MR) is 85.0 cm³/mol. The summed E-state index contributed by atoms with van der Waals surface area (Å²) in [4.78, 5) is 31.3. The maximum absolute atomic E-state index is 12.8. The molecule has 2 heterocycles. The third-order valence-electron chi connectivity index (χ3n) is 3.59. The molecule has 2 aromatic heterocycles. The molecule has 22 heavy (non-hydrogen) atoms. The molecule has 0 saturated heterocycles. The van der Waals surface area contributed by atoms with Crippen LogP contribution in [0.25, 0.3) is 22.3 Å². The molecule has 3 rings (SSSR count). The number of para-hydroxylation sites is 1. The number of ether oxygens (including phenoxy) is 1. The average molecular weight is 296 g/mol. The summed E-state index contributed by atoms with van der Waals surface area (Å²) >= 11 is 0. The van der Waals surface area contributed by atoms with Crippen LogP contribution in [-0.4, -0.2) is 22.5 Å². The fourth-order valence-electron chi connectivity index (χ4n) is 2.54. The lowest BCUT2D eigenvalue weighted by molar-refractivity contribution is 0.0525. The summed E-state index contributed by atoms with van der Waals surface area (Å²) in [5.74, 6) is -0.614. The summed E-state index contributed by atoms with van der Waals surface area (Å²) in [5.41, 5.74) is 2.51. The summed E-state index contributed by atoms with van der Waals surface area (Å²) in [5, 5.41) is 0.485. The molecule has 2 N–H and O–H groups in total. The van der Waals surface area contributed by atoms with Gasteiger partial charge in [-0.05, 0) is 37.6 Å². The smallest absolute Gasteiger partial charge is 0.344 e. The van der Waals surface area contributed by atoms with Gasteiger partial charge in [-0.15, -0.1) is 0 Å². The van der Waals surface area contributed by atoms with Crippen LogP contribution in [0.4, 0.5) is 0 Å². The molecule has 0 aliphatic rings. The van der Waals surface area contributed by atoms with Crippen molar-refractivity contribution in [1.82, 2.24) is 9.97 Å². The summed E-state index contributed by atoms with van der Waals surface area (Å²) in [6.07, 6.45) is 1.74. The van der Waals surface area contributed by atoms with E-state index in [1.165, 1.54) is 0 Å². The first-order valence-electron chi connectivity index (χ1n) is 7.10. The molecule has 3 aromatic rings. The number of esters is 1. The van der Waals surface area contributed by atoms with Crippen molar-refractivity contribution in [3.05, 3.63) is 57.9 Å². The molecule has 0 atom stereocenters. The largest absolute Gasteiger partial charge is 0.462 e. The van der Waals surface area contributed by atoms with Gasteiger partial charge in [0.15, 0.2) is 0 Å². The number of aryl methyl sites for hydroxylation is 1. The quantitative estimate of drug-likeness (QED) is 0.730. The Balaban J connectivity index is 2.40. The van der Waals surface area contributed by atoms with Gasteiger partial charge in [0.25, 0.3) is 0 Å². The minimum atomic E-state index is -0.614. The lowest BCUT2D eigenvalue weighted by Gasteiger charge is -2.11. The van der Waals surface area contributed by atoms with Crippen LogP contribution in [0.3, 0.4) is 0 Å². The van der Waals surface area contributed by atoms with Crippen molar-refractivity contribution in [1.29, 1.82) is 0 Å². The highest BCUT2D eigenvalue weighted by atomic mass is 16.5. The van der Waals surface area contributed by atoms with Gasteiger partial charge in [0.1, 0.15) is 5.56 Å². The van der Waals surface area contributed by atoms with Gasteiger partial charge in [-0.25, -0.2) is 4.79 Å². The van der Waals surface area contributed by atoms with Crippen LogP contribution in [0.15, 0.2) is 41.3 Å². The van der Waals surface area contributed by atoms with Gasteiger partial charge >= 0.3 is 5.97 Å². The van der Waals surface area contributed by atoms with Gasteiger partial charge in [0.2, 0.25) is 5.43 Å². The van der Waals surface area contributed by atoms with E-state index in [4.69, 9.17) is 4.74 Å². The summed E-state index contributed by atoms with van der Waals surface area (Å²) in [6.45, 7) is 3.85. The molecule has 0 saturated carbocycles. The zero-order valence-corrected chi connectivity index (χ0v) is 12.4. The summed E-state index contributed by atoms with van der Waals surface area (Å²) in [7, 11) is 0. The average Bonchev–Trinajstić information content (AvgIpc) is 3.02. The Morgan fingerprint density at radius 3 is 2.73 bits per heavy atom. The standard InChI is InChI=1S/C17H16N2O3/c1-3-22-17(21)13-15(12-8-5-9-18-12)19-14-10(2)6-4-7-11(14)16(13)20/h4-9,18H,3H2,1-2H3,(H,19,20). The van der Waals surface area contributed by atoms with E-state index in [1.54, 1.807) is 31.3 Å². The van der Waals surface area contributed by atoms with E-state index in [-0.39, 0.29) is 17.6 Å². The zero-order valence-electron chi connectivity index (χ0n) is 12.4. The van der Waals surface area contributed by atoms with Gasteiger partial charge < -0.3 is 14.7 Å². The Morgan fingerprint density at radius 2 is 2.05 bits per heavy atom. The Kier molecular flexibility index (Phi) is 3.55. The highest BCUT2D eigenvalue weighted by molar-refractivity contribution is 6.00. The molecular weight excluding hydrogens is 280 g/mol. The normalized spacial score (nSPS) is 10.8. The van der Waals surface area contributed by atoms with Crippen molar-refractivity contribution >= 4 is 16.9 Å². The van der Waals surface area contributed by atoms with Crippen molar-refractivity contribution in [2.75, 3.05) is 6.61 Å². The number of hydrogen-bond donors (Lipinski definition) is 2. The first-order valence-corrected chi connectivity index (χ1v) is 7.10. The summed E-state index contributed by atoms with van der Waals surface area (Å²) in [6, 6.07) is 9.04. The number of pyridine rings is 1. The second kappa shape index (κ2) is 5.52. The molecule has 0 aliphatic heterocycles. The number of hydrogen-bond acceptors (Lipinski definition) is 3. The van der Waals surface area contributed by atoms with E-state index in [0.29, 0.717) is 16.8 Å². The molecule has 0 amide bonds. The minimum absolute atomic E-state index is 0.0300. The monoisotopic (exact) mass is 296 g/mol. The van der Waals surface area contributed by atoms with Gasteiger partial charge in [-0.1, -0.05) is 12.1 Å². The van der Waals surface area contributed by atoms with Crippen LogP contribution in [0.5, 0.6) is 0 Å². The number of carbonyl (C=O) groups is 1. The number of aromatic amines is 2. The van der Waals surface area contributed by atoms with Crippen molar-refractivity contribution in [3.63, 3.8) is 0 Å². The predicted octanol–water partition coefficient (Wildman–Crippen LogP) is 3.01. The molecule has 5 nitrogen and oxygen atoms in total. The number of aromatic nitrogens is 2. The highest BCUT2D eigenvalue weighted by Gasteiger charge is 2.22. The first-order chi connectivity index (χ1) is 10.6. The lowest BCUT2D eigenvalue weighted by Crippen LogP contribution is -2.20. The molecule has 5 heteroatoms. The first kappa shape index (κ1) is 14.1. The lowest BCUT2D eigenvalue weighted by atomic mass is 10.0. The molecule has 112 valence electrons. The van der Waals surface area contributed by atoms with Crippen LogP contribution in [0.2, 0.25) is 0 Å².